The molecule has 0 aliphatic heterocycles. The summed E-state index contributed by atoms with van der Waals surface area (Å²) >= 11 is 0. The highest BCUT2D eigenvalue weighted by Crippen LogP contribution is 2.17. The summed E-state index contributed by atoms with van der Waals surface area (Å²) in [5.74, 6) is 0.412. The van der Waals surface area contributed by atoms with E-state index < -0.39 is 0 Å². The van der Waals surface area contributed by atoms with Gasteiger partial charge in [0, 0.05) is 30.6 Å². The monoisotopic (exact) mass is 401 g/mol. The fourth-order valence-corrected chi connectivity index (χ4v) is 3.51. The number of aromatic nitrogens is 4. The second-order valence-corrected chi connectivity index (χ2v) is 7.20. The van der Waals surface area contributed by atoms with Gasteiger partial charge in [0.2, 0.25) is 5.91 Å². The molecule has 4 aromatic rings. The van der Waals surface area contributed by atoms with Crippen LogP contribution >= 0.6 is 0 Å². The van der Waals surface area contributed by atoms with Crippen LogP contribution < -0.4 is 10.9 Å². The Morgan fingerprint density at radius 2 is 1.80 bits per heavy atom. The van der Waals surface area contributed by atoms with E-state index in [9.17, 15) is 9.59 Å². The highest BCUT2D eigenvalue weighted by Gasteiger charge is 2.14. The Kier molecular flexibility index (Phi) is 5.43. The molecule has 0 aliphatic carbocycles. The second-order valence-electron chi connectivity index (χ2n) is 7.20. The Balaban J connectivity index is 1.40. The van der Waals surface area contributed by atoms with E-state index in [0.29, 0.717) is 29.7 Å². The number of aryl methyl sites for hydroxylation is 2. The summed E-state index contributed by atoms with van der Waals surface area (Å²) < 4.78 is 1.89. The zero-order valence-electron chi connectivity index (χ0n) is 17.0. The number of nitrogens with one attached hydrogen (secondary N) is 2. The third-order valence-electron chi connectivity index (χ3n) is 5.16. The maximum atomic E-state index is 12.4. The first-order valence-corrected chi connectivity index (χ1v) is 9.88. The third kappa shape index (κ3) is 4.00. The smallest absolute Gasteiger partial charge is 0.258 e. The summed E-state index contributed by atoms with van der Waals surface area (Å²) in [6.07, 6.45) is 0.610. The highest BCUT2D eigenvalue weighted by molar-refractivity contribution is 5.78. The molecule has 7 nitrogen and oxygen atoms in total. The first-order chi connectivity index (χ1) is 14.5. The largest absolute Gasteiger partial charge is 0.352 e. The normalized spacial score (nSPS) is 11.0. The van der Waals surface area contributed by atoms with Gasteiger partial charge in [-0.15, -0.1) is 0 Å². The van der Waals surface area contributed by atoms with E-state index in [0.717, 1.165) is 22.6 Å². The van der Waals surface area contributed by atoms with E-state index in [-0.39, 0.29) is 17.9 Å². The van der Waals surface area contributed by atoms with Gasteiger partial charge in [0.25, 0.3) is 5.56 Å². The minimum atomic E-state index is -0.185. The number of carbonyl (C=O) groups is 1. The number of H-pyrrole nitrogens is 1. The van der Waals surface area contributed by atoms with Gasteiger partial charge in [0.1, 0.15) is 5.82 Å². The summed E-state index contributed by atoms with van der Waals surface area (Å²) in [5.41, 5.74) is 4.33. The molecular weight excluding hydrogens is 378 g/mol. The number of amides is 1. The Bertz CT molecular complexity index is 1260. The molecule has 30 heavy (non-hydrogen) atoms. The molecule has 0 saturated carbocycles. The van der Waals surface area contributed by atoms with Gasteiger partial charge in [-0.2, -0.15) is 5.10 Å². The molecule has 0 bridgehead atoms. The molecule has 0 spiro atoms. The molecule has 2 N–H and O–H groups in total. The highest BCUT2D eigenvalue weighted by atomic mass is 16.1. The SMILES string of the molecule is Cc1nn(-c2ccccc2)c(C)c1CNC(=O)CCc1nc2ccccc2c(=O)[nH]1. The topological polar surface area (TPSA) is 92.7 Å². The lowest BCUT2D eigenvalue weighted by atomic mass is 10.2. The summed E-state index contributed by atoms with van der Waals surface area (Å²) in [6, 6.07) is 17.1. The fraction of sp³-hybridized carbons (Fsp3) is 0.217. The number of aromatic amines is 1. The minimum absolute atomic E-state index is 0.0999. The zero-order chi connectivity index (χ0) is 21.1. The van der Waals surface area contributed by atoms with Gasteiger partial charge in [-0.25, -0.2) is 9.67 Å². The van der Waals surface area contributed by atoms with Crippen LogP contribution in [0.5, 0.6) is 0 Å². The van der Waals surface area contributed by atoms with Crippen molar-refractivity contribution >= 4 is 16.8 Å². The summed E-state index contributed by atoms with van der Waals surface area (Å²) in [5, 5.41) is 8.11. The quantitative estimate of drug-likeness (QED) is 0.519. The van der Waals surface area contributed by atoms with Crippen LogP contribution in [0.25, 0.3) is 16.6 Å². The van der Waals surface area contributed by atoms with Crippen LogP contribution in [-0.2, 0) is 17.8 Å². The third-order valence-corrected chi connectivity index (χ3v) is 5.16. The lowest BCUT2D eigenvalue weighted by molar-refractivity contribution is -0.121. The summed E-state index contributed by atoms with van der Waals surface area (Å²) in [6.45, 7) is 4.35. The van der Waals surface area contributed by atoms with Crippen molar-refractivity contribution in [2.45, 2.75) is 33.2 Å². The van der Waals surface area contributed by atoms with Crippen LogP contribution in [-0.4, -0.2) is 25.7 Å². The van der Waals surface area contributed by atoms with Crippen molar-refractivity contribution in [3.8, 4) is 5.69 Å². The Hall–Kier alpha value is -3.74. The van der Waals surface area contributed by atoms with Gasteiger partial charge in [-0.3, -0.25) is 9.59 Å². The number of benzene rings is 2. The molecule has 2 aromatic heterocycles. The molecule has 4 rings (SSSR count). The average Bonchev–Trinajstić information content (AvgIpc) is 3.05. The lowest BCUT2D eigenvalue weighted by Crippen LogP contribution is -2.24. The Labute approximate surface area is 173 Å². The first-order valence-electron chi connectivity index (χ1n) is 9.88. The molecule has 0 aliphatic rings. The molecule has 1 amide bonds. The van der Waals surface area contributed by atoms with Gasteiger partial charge < -0.3 is 10.3 Å². The number of fused-ring (bicyclic) bond motifs is 1. The molecular formula is C23H23N5O2. The van der Waals surface area contributed by atoms with E-state index in [1.54, 1.807) is 18.2 Å². The van der Waals surface area contributed by atoms with Crippen molar-refractivity contribution in [2.24, 2.45) is 0 Å². The van der Waals surface area contributed by atoms with E-state index in [1.165, 1.54) is 0 Å². The molecule has 7 heteroatoms. The van der Waals surface area contributed by atoms with Crippen LogP contribution in [0.15, 0.2) is 59.4 Å². The number of hydrogen-bond acceptors (Lipinski definition) is 4. The molecule has 0 saturated heterocycles. The number of carbonyl (C=O) groups excluding carboxylic acids is 1. The van der Waals surface area contributed by atoms with Crippen molar-refractivity contribution in [1.82, 2.24) is 25.1 Å². The molecule has 2 aromatic carbocycles. The van der Waals surface area contributed by atoms with Crippen molar-refractivity contribution in [1.29, 1.82) is 0 Å². The van der Waals surface area contributed by atoms with E-state index in [2.05, 4.69) is 20.4 Å². The molecule has 0 atom stereocenters. The standard InChI is InChI=1S/C23H23N5O2/c1-15-19(16(2)28(27-15)17-8-4-3-5-9-17)14-24-22(29)13-12-21-25-20-11-7-6-10-18(20)23(30)26-21/h3-11H,12-14H2,1-2H3,(H,24,29)(H,25,26,30). The van der Waals surface area contributed by atoms with Gasteiger partial charge in [0.05, 0.1) is 22.3 Å². The van der Waals surface area contributed by atoms with Crippen molar-refractivity contribution in [3.63, 3.8) is 0 Å². The predicted octanol–water partition coefficient (Wildman–Crippen LogP) is 2.97. The molecule has 152 valence electrons. The second kappa shape index (κ2) is 8.32. The van der Waals surface area contributed by atoms with Gasteiger partial charge >= 0.3 is 0 Å². The summed E-state index contributed by atoms with van der Waals surface area (Å²) in [4.78, 5) is 31.7. The first kappa shape index (κ1) is 19.6. The minimum Gasteiger partial charge on any atom is -0.352 e. The van der Waals surface area contributed by atoms with Crippen LogP contribution in [0, 0.1) is 13.8 Å². The Morgan fingerprint density at radius 3 is 2.60 bits per heavy atom. The molecule has 0 unspecified atom stereocenters. The Morgan fingerprint density at radius 1 is 1.07 bits per heavy atom. The van der Waals surface area contributed by atoms with Gasteiger partial charge in [0.15, 0.2) is 0 Å². The average molecular weight is 401 g/mol. The number of para-hydroxylation sites is 2. The lowest BCUT2D eigenvalue weighted by Gasteiger charge is -2.07. The fourth-order valence-electron chi connectivity index (χ4n) is 3.51. The van der Waals surface area contributed by atoms with Crippen LogP contribution in [0.1, 0.15) is 29.2 Å². The van der Waals surface area contributed by atoms with Crippen LogP contribution in [0.3, 0.4) is 0 Å². The van der Waals surface area contributed by atoms with Crippen molar-refractivity contribution < 1.29 is 4.79 Å². The molecule has 0 radical (unpaired) electrons. The van der Waals surface area contributed by atoms with Gasteiger partial charge in [-0.1, -0.05) is 30.3 Å². The van der Waals surface area contributed by atoms with E-state index in [4.69, 9.17) is 0 Å². The van der Waals surface area contributed by atoms with Crippen molar-refractivity contribution in [3.05, 3.63) is 87.7 Å². The summed E-state index contributed by atoms with van der Waals surface area (Å²) in [7, 11) is 0. The van der Waals surface area contributed by atoms with Gasteiger partial charge in [-0.05, 0) is 38.1 Å². The van der Waals surface area contributed by atoms with Crippen LogP contribution in [0.2, 0.25) is 0 Å². The molecule has 2 heterocycles. The van der Waals surface area contributed by atoms with Crippen molar-refractivity contribution in [2.75, 3.05) is 0 Å². The number of rotatable bonds is 6. The zero-order valence-corrected chi connectivity index (χ0v) is 17.0. The van der Waals surface area contributed by atoms with Crippen LogP contribution in [0.4, 0.5) is 0 Å². The number of nitrogens with zero attached hydrogens (tertiary/aromatic N) is 3. The van der Waals surface area contributed by atoms with E-state index in [1.807, 2.05) is 54.9 Å². The number of hydrogen-bond donors (Lipinski definition) is 2. The van der Waals surface area contributed by atoms with E-state index >= 15 is 0 Å². The molecule has 0 fully saturated rings. The maximum absolute atomic E-state index is 12.4. The maximum Gasteiger partial charge on any atom is 0.258 e. The predicted molar refractivity (Wildman–Crippen MR) is 116 cm³/mol.